The molecule has 0 heterocycles. The van der Waals surface area contributed by atoms with Crippen LogP contribution in [0.4, 0.5) is 5.69 Å². The highest BCUT2D eigenvalue weighted by atomic mass is 31.2. The van der Waals surface area contributed by atoms with Gasteiger partial charge in [-0.25, -0.2) is 4.79 Å². The van der Waals surface area contributed by atoms with Gasteiger partial charge in [-0.3, -0.25) is 14.3 Å². The molecular weight excluding hydrogens is 461 g/mol. The average Bonchev–Trinajstić information content (AvgIpc) is 2.88. The van der Waals surface area contributed by atoms with Crippen molar-refractivity contribution in [3.63, 3.8) is 0 Å². The van der Waals surface area contributed by atoms with E-state index in [0.29, 0.717) is 12.1 Å². The van der Waals surface area contributed by atoms with E-state index < -0.39 is 25.3 Å². The Morgan fingerprint density at radius 3 is 2.03 bits per heavy atom. The SMILES string of the molecule is COP(=O)(CCCCc1ccccc1)CC(=O)N(c1ccc(-c2ccccc2)cc1)[C@@H](C)C(=O)O. The molecular formula is C28H32NO5P. The molecule has 0 spiro atoms. The molecule has 0 radical (unpaired) electrons. The van der Waals surface area contributed by atoms with Gasteiger partial charge in [0.2, 0.25) is 13.3 Å². The highest BCUT2D eigenvalue weighted by Crippen LogP contribution is 2.47. The van der Waals surface area contributed by atoms with Crippen molar-refractivity contribution in [3.8, 4) is 11.1 Å². The van der Waals surface area contributed by atoms with E-state index in [-0.39, 0.29) is 12.3 Å². The molecule has 0 fully saturated rings. The minimum absolute atomic E-state index is 0.268. The fourth-order valence-corrected chi connectivity index (χ4v) is 5.72. The normalized spacial score (nSPS) is 13.5. The molecule has 0 aliphatic carbocycles. The lowest BCUT2D eigenvalue weighted by molar-refractivity contribution is -0.139. The van der Waals surface area contributed by atoms with Crippen LogP contribution in [0, 0.1) is 0 Å². The van der Waals surface area contributed by atoms with Gasteiger partial charge in [0.05, 0.1) is 0 Å². The lowest BCUT2D eigenvalue weighted by atomic mass is 10.0. The minimum Gasteiger partial charge on any atom is -0.480 e. The van der Waals surface area contributed by atoms with Crippen LogP contribution in [0.2, 0.25) is 0 Å². The predicted molar refractivity (Wildman–Crippen MR) is 140 cm³/mol. The zero-order chi connectivity index (χ0) is 25.3. The summed E-state index contributed by atoms with van der Waals surface area (Å²) in [5, 5.41) is 9.64. The van der Waals surface area contributed by atoms with Crippen LogP contribution >= 0.6 is 7.37 Å². The summed E-state index contributed by atoms with van der Waals surface area (Å²) in [5.74, 6) is -1.67. The Kier molecular flexibility index (Phi) is 9.41. The molecule has 0 saturated heterocycles. The van der Waals surface area contributed by atoms with Gasteiger partial charge in [-0.05, 0) is 55.0 Å². The summed E-state index contributed by atoms with van der Waals surface area (Å²) >= 11 is 0. The van der Waals surface area contributed by atoms with Gasteiger partial charge < -0.3 is 9.63 Å². The van der Waals surface area contributed by atoms with Crippen molar-refractivity contribution in [2.24, 2.45) is 0 Å². The number of aliphatic carboxylic acids is 1. The zero-order valence-corrected chi connectivity index (χ0v) is 21.1. The average molecular weight is 494 g/mol. The number of benzene rings is 3. The Morgan fingerprint density at radius 2 is 1.46 bits per heavy atom. The van der Waals surface area contributed by atoms with E-state index in [2.05, 4.69) is 0 Å². The Labute approximate surface area is 207 Å². The fraction of sp³-hybridized carbons (Fsp3) is 0.286. The predicted octanol–water partition coefficient (Wildman–Crippen LogP) is 6.11. The Bertz CT molecular complexity index is 1150. The van der Waals surface area contributed by atoms with E-state index in [1.165, 1.54) is 24.5 Å². The summed E-state index contributed by atoms with van der Waals surface area (Å²) in [4.78, 5) is 26.3. The van der Waals surface area contributed by atoms with E-state index in [0.717, 1.165) is 24.0 Å². The highest BCUT2D eigenvalue weighted by molar-refractivity contribution is 7.59. The number of amides is 1. The maximum Gasteiger partial charge on any atom is 0.326 e. The van der Waals surface area contributed by atoms with Gasteiger partial charge in [0.15, 0.2) is 0 Å². The van der Waals surface area contributed by atoms with Crippen LogP contribution in [0.5, 0.6) is 0 Å². The van der Waals surface area contributed by atoms with Gasteiger partial charge in [0.25, 0.3) is 0 Å². The Balaban J connectivity index is 1.71. The number of anilines is 1. The third kappa shape index (κ3) is 7.38. The second-order valence-electron chi connectivity index (χ2n) is 8.51. The molecule has 1 amide bonds. The second kappa shape index (κ2) is 12.5. The van der Waals surface area contributed by atoms with Gasteiger partial charge in [0, 0.05) is 19.0 Å². The second-order valence-corrected chi connectivity index (χ2v) is 11.3. The Hall–Kier alpha value is -3.21. The molecule has 6 nitrogen and oxygen atoms in total. The van der Waals surface area contributed by atoms with Crippen LogP contribution in [0.15, 0.2) is 84.9 Å². The summed E-state index contributed by atoms with van der Waals surface area (Å²) in [5.41, 5.74) is 3.61. The number of unbranched alkanes of at least 4 members (excludes halogenated alkanes) is 1. The largest absolute Gasteiger partial charge is 0.480 e. The number of carbonyl (C=O) groups excluding carboxylic acids is 1. The van der Waals surface area contributed by atoms with E-state index in [9.17, 15) is 19.3 Å². The van der Waals surface area contributed by atoms with Gasteiger partial charge in [-0.15, -0.1) is 0 Å². The highest BCUT2D eigenvalue weighted by Gasteiger charge is 2.33. The maximum absolute atomic E-state index is 13.4. The molecule has 35 heavy (non-hydrogen) atoms. The topological polar surface area (TPSA) is 83.9 Å². The van der Waals surface area contributed by atoms with Crippen LogP contribution in [0.25, 0.3) is 11.1 Å². The quantitative estimate of drug-likeness (QED) is 0.243. The van der Waals surface area contributed by atoms with Crippen molar-refractivity contribution >= 4 is 24.9 Å². The van der Waals surface area contributed by atoms with Gasteiger partial charge in [-0.1, -0.05) is 72.8 Å². The molecule has 184 valence electrons. The van der Waals surface area contributed by atoms with E-state index >= 15 is 0 Å². The smallest absolute Gasteiger partial charge is 0.326 e. The molecule has 0 saturated carbocycles. The third-order valence-corrected chi connectivity index (χ3v) is 8.45. The molecule has 2 atom stereocenters. The van der Waals surface area contributed by atoms with Crippen molar-refractivity contribution in [2.45, 2.75) is 32.2 Å². The standard InChI is InChI=1S/C28H32NO5P/c1-22(28(31)32)29(26-18-16-25(17-19-26)24-14-7-4-8-15-24)27(30)21-35(33,34-2)20-10-9-13-23-11-5-3-6-12-23/h3-8,11-12,14-19,22H,9-10,13,20-21H2,1-2H3,(H,31,32)/t22-,35?/m0/s1. The van der Waals surface area contributed by atoms with Crippen molar-refractivity contribution in [2.75, 3.05) is 24.3 Å². The van der Waals surface area contributed by atoms with Crippen LogP contribution in [-0.4, -0.2) is 42.5 Å². The molecule has 3 aromatic rings. The summed E-state index contributed by atoms with van der Waals surface area (Å²) in [6.07, 6.45) is 2.25. The first-order valence-electron chi connectivity index (χ1n) is 11.7. The number of hydrogen-bond acceptors (Lipinski definition) is 4. The molecule has 0 aliphatic rings. The fourth-order valence-electron chi connectivity index (χ4n) is 3.98. The minimum atomic E-state index is -3.26. The first-order valence-corrected chi connectivity index (χ1v) is 13.7. The maximum atomic E-state index is 13.4. The summed E-state index contributed by atoms with van der Waals surface area (Å²) in [7, 11) is -1.91. The van der Waals surface area contributed by atoms with Crippen LogP contribution in [0.1, 0.15) is 25.3 Å². The first kappa shape index (κ1) is 26.4. The molecule has 0 aliphatic heterocycles. The lowest BCUT2D eigenvalue weighted by Crippen LogP contribution is -2.45. The molecule has 7 heteroatoms. The lowest BCUT2D eigenvalue weighted by Gasteiger charge is -2.28. The number of aryl methyl sites for hydroxylation is 1. The monoisotopic (exact) mass is 493 g/mol. The molecule has 3 aromatic carbocycles. The molecule has 1 unspecified atom stereocenters. The first-order chi connectivity index (χ1) is 16.8. The van der Waals surface area contributed by atoms with E-state index in [1.54, 1.807) is 12.1 Å². The van der Waals surface area contributed by atoms with E-state index in [4.69, 9.17) is 4.52 Å². The van der Waals surface area contributed by atoms with E-state index in [1.807, 2.05) is 72.8 Å². The number of carboxylic acid groups (broad SMARTS) is 1. The molecule has 0 bridgehead atoms. The number of hydrogen-bond donors (Lipinski definition) is 1. The zero-order valence-electron chi connectivity index (χ0n) is 20.2. The number of carbonyl (C=O) groups is 2. The van der Waals surface area contributed by atoms with Crippen molar-refractivity contribution in [3.05, 3.63) is 90.5 Å². The van der Waals surface area contributed by atoms with Crippen LogP contribution < -0.4 is 4.90 Å². The van der Waals surface area contributed by atoms with Gasteiger partial charge in [-0.2, -0.15) is 0 Å². The summed E-state index contributed by atoms with van der Waals surface area (Å²) < 4.78 is 18.7. The molecule has 3 rings (SSSR count). The Morgan fingerprint density at radius 1 is 0.886 bits per heavy atom. The van der Waals surface area contributed by atoms with Crippen molar-refractivity contribution < 1.29 is 23.8 Å². The third-order valence-electron chi connectivity index (χ3n) is 6.03. The summed E-state index contributed by atoms with van der Waals surface area (Å²) in [6.45, 7) is 1.45. The number of nitrogens with zero attached hydrogens (tertiary/aromatic N) is 1. The van der Waals surface area contributed by atoms with Crippen molar-refractivity contribution in [1.29, 1.82) is 0 Å². The van der Waals surface area contributed by atoms with Crippen molar-refractivity contribution in [1.82, 2.24) is 0 Å². The van der Waals surface area contributed by atoms with Gasteiger partial charge >= 0.3 is 5.97 Å². The number of rotatable bonds is 12. The number of carboxylic acids is 1. The van der Waals surface area contributed by atoms with Crippen LogP contribution in [-0.2, 0) is 25.1 Å². The van der Waals surface area contributed by atoms with Crippen LogP contribution in [0.3, 0.4) is 0 Å². The molecule has 0 aromatic heterocycles. The van der Waals surface area contributed by atoms with Gasteiger partial charge in [0.1, 0.15) is 12.2 Å². The molecule has 1 N–H and O–H groups in total. The summed E-state index contributed by atoms with van der Waals surface area (Å²) in [6, 6.07) is 25.8.